The summed E-state index contributed by atoms with van der Waals surface area (Å²) in [6.07, 6.45) is 2.11. The standard InChI is InChI=1S/C17H18N2O3/c1-21-15-6-5-12(8-16(15)22-2)9-17(20)19-10-13-4-3-7-18-14(13)11-19/h3-8H,9-11H2,1-2H3. The van der Waals surface area contributed by atoms with Gasteiger partial charge in [-0.1, -0.05) is 12.1 Å². The number of amides is 1. The van der Waals surface area contributed by atoms with Crippen molar-refractivity contribution >= 4 is 5.91 Å². The molecular formula is C17H18N2O3. The van der Waals surface area contributed by atoms with Crippen LogP contribution >= 0.6 is 0 Å². The number of carbonyl (C=O) groups excluding carboxylic acids is 1. The van der Waals surface area contributed by atoms with E-state index in [1.54, 1.807) is 20.4 Å². The van der Waals surface area contributed by atoms with E-state index in [4.69, 9.17) is 9.47 Å². The second-order valence-corrected chi connectivity index (χ2v) is 5.23. The number of hydrogen-bond donors (Lipinski definition) is 0. The van der Waals surface area contributed by atoms with E-state index in [-0.39, 0.29) is 5.91 Å². The molecule has 0 bridgehead atoms. The molecule has 114 valence electrons. The van der Waals surface area contributed by atoms with Crippen LogP contribution in [0.15, 0.2) is 36.5 Å². The molecule has 0 spiro atoms. The van der Waals surface area contributed by atoms with Crippen molar-refractivity contribution in [3.63, 3.8) is 0 Å². The van der Waals surface area contributed by atoms with Gasteiger partial charge in [-0.3, -0.25) is 9.78 Å². The Morgan fingerprint density at radius 1 is 1.18 bits per heavy atom. The summed E-state index contributed by atoms with van der Waals surface area (Å²) in [4.78, 5) is 18.6. The van der Waals surface area contributed by atoms with Gasteiger partial charge in [0, 0.05) is 12.7 Å². The van der Waals surface area contributed by atoms with Gasteiger partial charge in [0.2, 0.25) is 5.91 Å². The number of aromatic nitrogens is 1. The molecule has 3 rings (SSSR count). The maximum absolute atomic E-state index is 12.5. The molecule has 2 heterocycles. The first-order chi connectivity index (χ1) is 10.7. The lowest BCUT2D eigenvalue weighted by Gasteiger charge is -2.16. The Morgan fingerprint density at radius 2 is 2.00 bits per heavy atom. The lowest BCUT2D eigenvalue weighted by Crippen LogP contribution is -2.27. The maximum Gasteiger partial charge on any atom is 0.227 e. The molecule has 22 heavy (non-hydrogen) atoms. The zero-order valence-electron chi connectivity index (χ0n) is 12.7. The first-order valence-electron chi connectivity index (χ1n) is 7.12. The molecule has 1 aliphatic heterocycles. The Hall–Kier alpha value is -2.56. The SMILES string of the molecule is COc1ccc(CC(=O)N2Cc3cccnc3C2)cc1OC. The van der Waals surface area contributed by atoms with Crippen LogP contribution in [-0.2, 0) is 24.3 Å². The molecule has 0 unspecified atom stereocenters. The van der Waals surface area contributed by atoms with E-state index >= 15 is 0 Å². The van der Waals surface area contributed by atoms with Gasteiger partial charge in [-0.15, -0.1) is 0 Å². The molecule has 0 saturated heterocycles. The van der Waals surface area contributed by atoms with Crippen LogP contribution in [0.3, 0.4) is 0 Å². The van der Waals surface area contributed by atoms with Gasteiger partial charge in [0.1, 0.15) is 0 Å². The Labute approximate surface area is 129 Å². The van der Waals surface area contributed by atoms with Gasteiger partial charge in [-0.05, 0) is 29.3 Å². The second kappa shape index (κ2) is 6.05. The van der Waals surface area contributed by atoms with Crippen LogP contribution in [0.2, 0.25) is 0 Å². The Bertz CT molecular complexity index is 675. The zero-order valence-corrected chi connectivity index (χ0v) is 12.7. The number of carbonyl (C=O) groups is 1. The summed E-state index contributed by atoms with van der Waals surface area (Å²) in [6.45, 7) is 1.22. The van der Waals surface area contributed by atoms with Crippen molar-refractivity contribution in [1.29, 1.82) is 0 Å². The smallest absolute Gasteiger partial charge is 0.227 e. The summed E-state index contributed by atoms with van der Waals surface area (Å²) in [6, 6.07) is 9.48. The average molecular weight is 298 g/mol. The van der Waals surface area contributed by atoms with Crippen LogP contribution in [0.4, 0.5) is 0 Å². The van der Waals surface area contributed by atoms with E-state index in [0.717, 1.165) is 16.8 Å². The average Bonchev–Trinajstić information content (AvgIpc) is 2.99. The normalized spacial score (nSPS) is 12.9. The highest BCUT2D eigenvalue weighted by molar-refractivity contribution is 5.79. The first-order valence-corrected chi connectivity index (χ1v) is 7.12. The molecule has 5 heteroatoms. The maximum atomic E-state index is 12.5. The Morgan fingerprint density at radius 3 is 2.73 bits per heavy atom. The van der Waals surface area contributed by atoms with E-state index in [2.05, 4.69) is 4.98 Å². The van der Waals surface area contributed by atoms with E-state index in [1.165, 1.54) is 0 Å². The third-order valence-corrected chi connectivity index (χ3v) is 3.84. The lowest BCUT2D eigenvalue weighted by atomic mass is 10.1. The predicted molar refractivity (Wildman–Crippen MR) is 81.7 cm³/mol. The minimum Gasteiger partial charge on any atom is -0.493 e. The minimum atomic E-state index is 0.0882. The van der Waals surface area contributed by atoms with Crippen LogP contribution in [0.5, 0.6) is 11.5 Å². The molecule has 0 aliphatic carbocycles. The van der Waals surface area contributed by atoms with Crippen LogP contribution < -0.4 is 9.47 Å². The Balaban J connectivity index is 1.71. The third kappa shape index (κ3) is 2.74. The molecule has 0 radical (unpaired) electrons. The molecule has 1 amide bonds. The highest BCUT2D eigenvalue weighted by atomic mass is 16.5. The van der Waals surface area contributed by atoms with Crippen LogP contribution in [0, 0.1) is 0 Å². The van der Waals surface area contributed by atoms with E-state index in [9.17, 15) is 4.79 Å². The highest BCUT2D eigenvalue weighted by Crippen LogP contribution is 2.28. The number of pyridine rings is 1. The van der Waals surface area contributed by atoms with Gasteiger partial charge in [0.15, 0.2) is 11.5 Å². The lowest BCUT2D eigenvalue weighted by molar-refractivity contribution is -0.131. The minimum absolute atomic E-state index is 0.0882. The summed E-state index contributed by atoms with van der Waals surface area (Å²) in [7, 11) is 3.18. The van der Waals surface area contributed by atoms with Gasteiger partial charge in [0.25, 0.3) is 0 Å². The number of nitrogens with zero attached hydrogens (tertiary/aromatic N) is 2. The topological polar surface area (TPSA) is 51.7 Å². The summed E-state index contributed by atoms with van der Waals surface area (Å²) in [5.74, 6) is 1.39. The molecule has 0 N–H and O–H groups in total. The molecule has 2 aromatic rings. The van der Waals surface area contributed by atoms with Crippen molar-refractivity contribution in [3.8, 4) is 11.5 Å². The van der Waals surface area contributed by atoms with Crippen molar-refractivity contribution in [2.75, 3.05) is 14.2 Å². The second-order valence-electron chi connectivity index (χ2n) is 5.23. The third-order valence-electron chi connectivity index (χ3n) is 3.84. The van der Waals surface area contributed by atoms with Crippen molar-refractivity contribution < 1.29 is 14.3 Å². The fraction of sp³-hybridized carbons (Fsp3) is 0.294. The van der Waals surface area contributed by atoms with Gasteiger partial charge >= 0.3 is 0 Å². The Kier molecular flexibility index (Phi) is 3.96. The fourth-order valence-electron chi connectivity index (χ4n) is 2.65. The number of methoxy groups -OCH3 is 2. The molecule has 0 atom stereocenters. The van der Waals surface area contributed by atoms with Gasteiger partial charge in [-0.25, -0.2) is 0 Å². The van der Waals surface area contributed by atoms with Gasteiger partial charge in [-0.2, -0.15) is 0 Å². The molecule has 0 fully saturated rings. The molecule has 5 nitrogen and oxygen atoms in total. The van der Waals surface area contributed by atoms with Crippen molar-refractivity contribution in [3.05, 3.63) is 53.3 Å². The first kappa shape index (κ1) is 14.4. The van der Waals surface area contributed by atoms with Crippen molar-refractivity contribution in [1.82, 2.24) is 9.88 Å². The fourth-order valence-corrected chi connectivity index (χ4v) is 2.65. The number of rotatable bonds is 4. The molecule has 1 aromatic carbocycles. The molecule has 0 saturated carbocycles. The van der Waals surface area contributed by atoms with Gasteiger partial charge < -0.3 is 14.4 Å². The van der Waals surface area contributed by atoms with E-state index in [0.29, 0.717) is 31.0 Å². The molecule has 1 aliphatic rings. The highest BCUT2D eigenvalue weighted by Gasteiger charge is 2.24. The quantitative estimate of drug-likeness (QED) is 0.868. The zero-order chi connectivity index (χ0) is 15.5. The number of benzene rings is 1. The number of fused-ring (bicyclic) bond motifs is 1. The monoisotopic (exact) mass is 298 g/mol. The largest absolute Gasteiger partial charge is 0.493 e. The van der Waals surface area contributed by atoms with Crippen molar-refractivity contribution in [2.24, 2.45) is 0 Å². The van der Waals surface area contributed by atoms with Gasteiger partial charge in [0.05, 0.1) is 32.9 Å². The van der Waals surface area contributed by atoms with E-state index < -0.39 is 0 Å². The summed E-state index contributed by atoms with van der Waals surface area (Å²) < 4.78 is 10.5. The summed E-state index contributed by atoms with van der Waals surface area (Å²) in [5, 5.41) is 0. The van der Waals surface area contributed by atoms with Crippen LogP contribution in [0.1, 0.15) is 16.8 Å². The predicted octanol–water partition coefficient (Wildman–Crippen LogP) is 2.18. The van der Waals surface area contributed by atoms with Crippen LogP contribution in [-0.4, -0.2) is 30.0 Å². The summed E-state index contributed by atoms with van der Waals surface area (Å²) >= 11 is 0. The molecule has 1 aromatic heterocycles. The number of ether oxygens (including phenoxy) is 2. The number of hydrogen-bond acceptors (Lipinski definition) is 4. The van der Waals surface area contributed by atoms with E-state index in [1.807, 2.05) is 35.2 Å². The van der Waals surface area contributed by atoms with Crippen LogP contribution in [0.25, 0.3) is 0 Å². The van der Waals surface area contributed by atoms with Crippen molar-refractivity contribution in [2.45, 2.75) is 19.5 Å². The summed E-state index contributed by atoms with van der Waals surface area (Å²) in [5.41, 5.74) is 3.03. The molecular weight excluding hydrogens is 280 g/mol.